The van der Waals surface area contributed by atoms with Gasteiger partial charge in [0.2, 0.25) is 0 Å². The zero-order valence-electron chi connectivity index (χ0n) is 11.6. The van der Waals surface area contributed by atoms with Crippen LogP contribution in [0.1, 0.15) is 29.7 Å². The van der Waals surface area contributed by atoms with Gasteiger partial charge in [-0.25, -0.2) is 0 Å². The summed E-state index contributed by atoms with van der Waals surface area (Å²) in [6.45, 7) is 4.11. The van der Waals surface area contributed by atoms with Crippen molar-refractivity contribution in [3.8, 4) is 0 Å². The molecule has 104 valence electrons. The highest BCUT2D eigenvalue weighted by Crippen LogP contribution is 2.27. The summed E-state index contributed by atoms with van der Waals surface area (Å²) in [5.74, 6) is 0. The Balaban J connectivity index is 1.68. The SMILES string of the molecule is C[C@@H](NCc1cccc2c1NCC2)c1ccc(Cl)cc1. The molecule has 2 N–H and O–H groups in total. The summed E-state index contributed by atoms with van der Waals surface area (Å²) in [6.07, 6.45) is 1.13. The van der Waals surface area contributed by atoms with Crippen molar-refractivity contribution in [2.24, 2.45) is 0 Å². The van der Waals surface area contributed by atoms with Crippen LogP contribution in [0, 0.1) is 0 Å². The minimum absolute atomic E-state index is 0.310. The van der Waals surface area contributed by atoms with Crippen molar-refractivity contribution in [1.82, 2.24) is 5.32 Å². The molecule has 0 saturated heterocycles. The molecule has 0 bridgehead atoms. The molecule has 1 aliphatic heterocycles. The Labute approximate surface area is 125 Å². The second-order valence-corrected chi connectivity index (χ2v) is 5.72. The number of para-hydroxylation sites is 1. The number of hydrogen-bond acceptors (Lipinski definition) is 2. The van der Waals surface area contributed by atoms with Crippen LogP contribution in [0.3, 0.4) is 0 Å². The van der Waals surface area contributed by atoms with Crippen LogP contribution in [0.4, 0.5) is 5.69 Å². The fraction of sp³-hybridized carbons (Fsp3) is 0.294. The zero-order chi connectivity index (χ0) is 13.9. The maximum atomic E-state index is 5.92. The van der Waals surface area contributed by atoms with Crippen molar-refractivity contribution in [3.63, 3.8) is 0 Å². The van der Waals surface area contributed by atoms with Crippen molar-refractivity contribution in [1.29, 1.82) is 0 Å². The van der Waals surface area contributed by atoms with Gasteiger partial charge in [-0.05, 0) is 42.2 Å². The van der Waals surface area contributed by atoms with Crippen LogP contribution in [0.5, 0.6) is 0 Å². The smallest absolute Gasteiger partial charge is 0.0419 e. The molecule has 0 aromatic heterocycles. The number of halogens is 1. The normalized spacial score (nSPS) is 14.7. The van der Waals surface area contributed by atoms with Crippen LogP contribution >= 0.6 is 11.6 Å². The molecule has 0 unspecified atom stereocenters. The topological polar surface area (TPSA) is 24.1 Å². The standard InChI is InChI=1S/C17H19ClN2/c1-12(13-5-7-16(18)8-6-13)20-11-15-4-2-3-14-9-10-19-17(14)15/h2-8,12,19-20H,9-11H2,1H3/t12-/m1/s1. The van der Waals surface area contributed by atoms with Crippen molar-refractivity contribution >= 4 is 17.3 Å². The van der Waals surface area contributed by atoms with Crippen LogP contribution in [0.25, 0.3) is 0 Å². The molecule has 2 aromatic rings. The fourth-order valence-corrected chi connectivity index (χ4v) is 2.82. The zero-order valence-corrected chi connectivity index (χ0v) is 12.4. The van der Waals surface area contributed by atoms with Gasteiger partial charge in [0, 0.05) is 29.8 Å². The third-order valence-electron chi connectivity index (χ3n) is 3.90. The first-order valence-corrected chi connectivity index (χ1v) is 7.45. The summed E-state index contributed by atoms with van der Waals surface area (Å²) in [5.41, 5.74) is 5.36. The van der Waals surface area contributed by atoms with Crippen molar-refractivity contribution in [2.45, 2.75) is 25.9 Å². The van der Waals surface area contributed by atoms with Gasteiger partial charge in [-0.2, -0.15) is 0 Å². The monoisotopic (exact) mass is 286 g/mol. The molecular formula is C17H19ClN2. The van der Waals surface area contributed by atoms with E-state index in [0.717, 1.165) is 24.5 Å². The number of benzene rings is 2. The van der Waals surface area contributed by atoms with Crippen molar-refractivity contribution < 1.29 is 0 Å². The lowest BCUT2D eigenvalue weighted by Gasteiger charge is -2.16. The maximum Gasteiger partial charge on any atom is 0.0419 e. The molecular weight excluding hydrogens is 268 g/mol. The molecule has 2 nitrogen and oxygen atoms in total. The molecule has 3 heteroatoms. The summed E-state index contributed by atoms with van der Waals surface area (Å²) in [5, 5.41) is 7.85. The molecule has 0 fully saturated rings. The molecule has 1 atom stereocenters. The molecule has 0 amide bonds. The second-order valence-electron chi connectivity index (χ2n) is 5.28. The van der Waals surface area contributed by atoms with Crippen LogP contribution in [-0.4, -0.2) is 6.54 Å². The highest BCUT2D eigenvalue weighted by Gasteiger charge is 2.14. The number of rotatable bonds is 4. The summed E-state index contributed by atoms with van der Waals surface area (Å²) in [7, 11) is 0. The molecule has 1 heterocycles. The third kappa shape index (κ3) is 2.82. The van der Waals surface area contributed by atoms with E-state index in [-0.39, 0.29) is 0 Å². The van der Waals surface area contributed by atoms with Crippen LogP contribution in [0.2, 0.25) is 5.02 Å². The minimum atomic E-state index is 0.310. The van der Waals surface area contributed by atoms with E-state index in [1.165, 1.54) is 22.4 Å². The first kappa shape index (κ1) is 13.5. The Hall–Kier alpha value is -1.51. The molecule has 0 aliphatic carbocycles. The van der Waals surface area contributed by atoms with E-state index < -0.39 is 0 Å². The van der Waals surface area contributed by atoms with Crippen LogP contribution in [0.15, 0.2) is 42.5 Å². The second kappa shape index (κ2) is 5.86. The van der Waals surface area contributed by atoms with E-state index in [0.29, 0.717) is 6.04 Å². The highest BCUT2D eigenvalue weighted by molar-refractivity contribution is 6.30. The quantitative estimate of drug-likeness (QED) is 0.882. The Morgan fingerprint density at radius 3 is 2.80 bits per heavy atom. The maximum absolute atomic E-state index is 5.92. The number of hydrogen-bond donors (Lipinski definition) is 2. The van der Waals surface area contributed by atoms with Gasteiger partial charge in [0.25, 0.3) is 0 Å². The average molecular weight is 287 g/mol. The average Bonchev–Trinajstić information content (AvgIpc) is 2.94. The van der Waals surface area contributed by atoms with E-state index in [4.69, 9.17) is 11.6 Å². The summed E-state index contributed by atoms with van der Waals surface area (Å²) >= 11 is 5.92. The molecule has 0 spiro atoms. The third-order valence-corrected chi connectivity index (χ3v) is 4.15. The van der Waals surface area contributed by atoms with Gasteiger partial charge in [0.05, 0.1) is 0 Å². The predicted octanol–water partition coefficient (Wildman–Crippen LogP) is 4.16. The van der Waals surface area contributed by atoms with Crippen molar-refractivity contribution in [2.75, 3.05) is 11.9 Å². The lowest BCUT2D eigenvalue weighted by molar-refractivity contribution is 0.575. The first-order chi connectivity index (χ1) is 9.74. The molecule has 0 saturated carbocycles. The minimum Gasteiger partial charge on any atom is -0.384 e. The predicted molar refractivity (Wildman–Crippen MR) is 85.3 cm³/mol. The lowest BCUT2D eigenvalue weighted by Crippen LogP contribution is -2.18. The van der Waals surface area contributed by atoms with E-state index in [1.54, 1.807) is 0 Å². The summed E-state index contributed by atoms with van der Waals surface area (Å²) in [4.78, 5) is 0. The highest BCUT2D eigenvalue weighted by atomic mass is 35.5. The fourth-order valence-electron chi connectivity index (χ4n) is 2.69. The largest absolute Gasteiger partial charge is 0.384 e. The van der Waals surface area contributed by atoms with Gasteiger partial charge in [-0.3, -0.25) is 0 Å². The van der Waals surface area contributed by atoms with Gasteiger partial charge in [0.15, 0.2) is 0 Å². The number of anilines is 1. The van der Waals surface area contributed by atoms with Crippen LogP contribution in [-0.2, 0) is 13.0 Å². The van der Waals surface area contributed by atoms with Gasteiger partial charge in [-0.1, -0.05) is 41.9 Å². The van der Waals surface area contributed by atoms with E-state index in [2.05, 4.69) is 47.9 Å². The molecule has 20 heavy (non-hydrogen) atoms. The molecule has 3 rings (SSSR count). The van der Waals surface area contributed by atoms with Gasteiger partial charge in [-0.15, -0.1) is 0 Å². The molecule has 0 radical (unpaired) electrons. The first-order valence-electron chi connectivity index (χ1n) is 7.07. The Bertz CT molecular complexity index is 592. The van der Waals surface area contributed by atoms with E-state index >= 15 is 0 Å². The van der Waals surface area contributed by atoms with E-state index in [9.17, 15) is 0 Å². The van der Waals surface area contributed by atoms with Gasteiger partial charge < -0.3 is 10.6 Å². The number of nitrogens with one attached hydrogen (secondary N) is 2. The van der Waals surface area contributed by atoms with Crippen LogP contribution < -0.4 is 10.6 Å². The summed E-state index contributed by atoms with van der Waals surface area (Å²) < 4.78 is 0. The van der Waals surface area contributed by atoms with Gasteiger partial charge >= 0.3 is 0 Å². The van der Waals surface area contributed by atoms with E-state index in [1.807, 2.05) is 12.1 Å². The Morgan fingerprint density at radius 1 is 1.20 bits per heavy atom. The lowest BCUT2D eigenvalue weighted by atomic mass is 10.1. The Kier molecular flexibility index (Phi) is 3.95. The van der Waals surface area contributed by atoms with Crippen molar-refractivity contribution in [3.05, 3.63) is 64.2 Å². The molecule has 1 aliphatic rings. The number of fused-ring (bicyclic) bond motifs is 1. The van der Waals surface area contributed by atoms with Gasteiger partial charge in [0.1, 0.15) is 0 Å². The summed E-state index contributed by atoms with van der Waals surface area (Å²) in [6, 6.07) is 14.9. The Morgan fingerprint density at radius 2 is 2.00 bits per heavy atom. The molecule has 2 aromatic carbocycles.